The van der Waals surface area contributed by atoms with Gasteiger partial charge in [0.15, 0.2) is 0 Å². The Bertz CT molecular complexity index is 455. The molecular weight excluding hydrogens is 277 g/mol. The first-order valence-corrected chi connectivity index (χ1v) is 6.45. The first-order valence-electron chi connectivity index (χ1n) is 5.04. The van der Waals surface area contributed by atoms with Crippen LogP contribution in [0.25, 0.3) is 0 Å². The summed E-state index contributed by atoms with van der Waals surface area (Å²) in [5, 5.41) is 11.0. The first-order chi connectivity index (χ1) is 8.28. The van der Waals surface area contributed by atoms with Crippen LogP contribution in [0.2, 0.25) is 0 Å². The number of hydrogen-bond donors (Lipinski definition) is 1. The standard InChI is InChI=1S/C8H11F3N2O4S/c9-8(10,11)18(15,16)17-7(13-14)6-4-2-1-3-5-12-6/h14H,1-5H2/b13-7+. The lowest BCUT2D eigenvalue weighted by Crippen LogP contribution is -2.31. The van der Waals surface area contributed by atoms with Gasteiger partial charge in [-0.2, -0.15) is 21.6 Å². The van der Waals surface area contributed by atoms with Crippen LogP contribution in [0.5, 0.6) is 0 Å². The molecule has 6 nitrogen and oxygen atoms in total. The van der Waals surface area contributed by atoms with Crippen molar-refractivity contribution in [3.63, 3.8) is 0 Å². The van der Waals surface area contributed by atoms with Crippen molar-refractivity contribution in [1.29, 1.82) is 0 Å². The summed E-state index contributed by atoms with van der Waals surface area (Å²) in [7, 11) is -5.84. The van der Waals surface area contributed by atoms with Crippen LogP contribution in [0, 0.1) is 0 Å². The predicted molar refractivity (Wildman–Crippen MR) is 56.1 cm³/mol. The molecule has 18 heavy (non-hydrogen) atoms. The zero-order chi connectivity index (χ0) is 13.8. The highest BCUT2D eigenvalue weighted by molar-refractivity contribution is 7.88. The summed E-state index contributed by atoms with van der Waals surface area (Å²) in [4.78, 5) is 3.83. The lowest BCUT2D eigenvalue weighted by molar-refractivity contribution is -0.0504. The van der Waals surface area contributed by atoms with Gasteiger partial charge in [0.05, 0.1) is 0 Å². The lowest BCUT2D eigenvalue weighted by atomic mass is 10.1. The van der Waals surface area contributed by atoms with Gasteiger partial charge in [-0.3, -0.25) is 4.99 Å². The molecule has 0 saturated heterocycles. The summed E-state index contributed by atoms with van der Waals surface area (Å²) in [6, 6.07) is 0. The Kier molecular flexibility index (Phi) is 4.54. The van der Waals surface area contributed by atoms with E-state index in [1.165, 1.54) is 0 Å². The fourth-order valence-electron chi connectivity index (χ4n) is 1.32. The Morgan fingerprint density at radius 1 is 1.33 bits per heavy atom. The van der Waals surface area contributed by atoms with Crippen LogP contribution in [-0.2, 0) is 14.3 Å². The van der Waals surface area contributed by atoms with Gasteiger partial charge in [-0.15, -0.1) is 0 Å². The molecule has 1 aliphatic heterocycles. The molecule has 1 rings (SSSR count). The van der Waals surface area contributed by atoms with Gasteiger partial charge in [0.1, 0.15) is 5.71 Å². The number of alkyl halides is 3. The summed E-state index contributed by atoms with van der Waals surface area (Å²) >= 11 is 0. The van der Waals surface area contributed by atoms with E-state index in [9.17, 15) is 21.6 Å². The molecule has 1 heterocycles. The Labute approximate surface area is 101 Å². The first kappa shape index (κ1) is 14.7. The minimum Gasteiger partial charge on any atom is -0.408 e. The van der Waals surface area contributed by atoms with Gasteiger partial charge in [-0.1, -0.05) is 6.42 Å². The molecule has 0 amide bonds. The lowest BCUT2D eigenvalue weighted by Gasteiger charge is -2.10. The third kappa shape index (κ3) is 3.59. The van der Waals surface area contributed by atoms with E-state index >= 15 is 0 Å². The van der Waals surface area contributed by atoms with Gasteiger partial charge in [0.25, 0.3) is 5.90 Å². The van der Waals surface area contributed by atoms with Crippen LogP contribution in [-0.4, -0.2) is 37.3 Å². The zero-order valence-electron chi connectivity index (χ0n) is 9.14. The number of halogens is 3. The highest BCUT2D eigenvalue weighted by atomic mass is 32.2. The minimum atomic E-state index is -5.84. The second-order valence-corrected chi connectivity index (χ2v) is 5.07. The van der Waals surface area contributed by atoms with E-state index < -0.39 is 21.5 Å². The van der Waals surface area contributed by atoms with E-state index in [4.69, 9.17) is 5.21 Å². The molecule has 0 saturated carbocycles. The van der Waals surface area contributed by atoms with Gasteiger partial charge in [-0.05, 0) is 24.4 Å². The van der Waals surface area contributed by atoms with Crippen molar-refractivity contribution in [2.24, 2.45) is 10.1 Å². The maximum absolute atomic E-state index is 12.1. The van der Waals surface area contributed by atoms with E-state index in [1.54, 1.807) is 0 Å². The molecule has 104 valence electrons. The van der Waals surface area contributed by atoms with Crippen molar-refractivity contribution in [2.75, 3.05) is 6.54 Å². The van der Waals surface area contributed by atoms with Crippen LogP contribution < -0.4 is 0 Å². The second kappa shape index (κ2) is 5.55. The summed E-state index contributed by atoms with van der Waals surface area (Å²) in [6.07, 6.45) is 2.34. The van der Waals surface area contributed by atoms with Crippen LogP contribution in [0.3, 0.4) is 0 Å². The van der Waals surface area contributed by atoms with Gasteiger partial charge in [0, 0.05) is 6.54 Å². The third-order valence-corrected chi connectivity index (χ3v) is 3.13. The van der Waals surface area contributed by atoms with Crippen molar-refractivity contribution in [2.45, 2.75) is 31.2 Å². The van der Waals surface area contributed by atoms with Crippen molar-refractivity contribution in [3.05, 3.63) is 0 Å². The third-order valence-electron chi connectivity index (χ3n) is 2.18. The smallest absolute Gasteiger partial charge is 0.408 e. The molecule has 0 fully saturated rings. The average molecular weight is 288 g/mol. The molecule has 0 unspecified atom stereocenters. The Hall–Kier alpha value is -1.32. The maximum Gasteiger partial charge on any atom is 0.534 e. The molecule has 0 aromatic rings. The fraction of sp³-hybridized carbons (Fsp3) is 0.750. The molecular formula is C8H11F3N2O4S. The van der Waals surface area contributed by atoms with Crippen molar-refractivity contribution in [3.8, 4) is 0 Å². The Morgan fingerprint density at radius 3 is 2.56 bits per heavy atom. The van der Waals surface area contributed by atoms with E-state index in [1.807, 2.05) is 0 Å². The van der Waals surface area contributed by atoms with Crippen molar-refractivity contribution >= 4 is 21.7 Å². The average Bonchev–Trinajstić information content (AvgIpc) is 2.52. The molecule has 1 N–H and O–H groups in total. The van der Waals surface area contributed by atoms with Gasteiger partial charge < -0.3 is 9.39 Å². The molecule has 0 aromatic heterocycles. The zero-order valence-corrected chi connectivity index (χ0v) is 9.96. The van der Waals surface area contributed by atoms with Gasteiger partial charge in [0.2, 0.25) is 0 Å². The molecule has 0 bridgehead atoms. The largest absolute Gasteiger partial charge is 0.534 e. The highest BCUT2D eigenvalue weighted by Gasteiger charge is 2.49. The van der Waals surface area contributed by atoms with E-state index in [2.05, 4.69) is 14.3 Å². The maximum atomic E-state index is 12.1. The number of nitrogens with zero attached hydrogens (tertiary/aromatic N) is 2. The van der Waals surface area contributed by atoms with E-state index in [0.717, 1.165) is 12.8 Å². The Morgan fingerprint density at radius 2 is 2.00 bits per heavy atom. The van der Waals surface area contributed by atoms with E-state index in [0.29, 0.717) is 13.0 Å². The fourth-order valence-corrected chi connectivity index (χ4v) is 1.75. The normalized spacial score (nSPS) is 19.1. The van der Waals surface area contributed by atoms with Crippen LogP contribution in [0.15, 0.2) is 10.1 Å². The van der Waals surface area contributed by atoms with Crippen molar-refractivity contribution < 1.29 is 31.0 Å². The number of hydrogen-bond acceptors (Lipinski definition) is 6. The highest BCUT2D eigenvalue weighted by Crippen LogP contribution is 2.25. The number of rotatable bonds is 2. The molecule has 0 spiro atoms. The van der Waals surface area contributed by atoms with Crippen LogP contribution in [0.1, 0.15) is 25.7 Å². The monoisotopic (exact) mass is 288 g/mol. The molecule has 0 aromatic carbocycles. The SMILES string of the molecule is O=S(=O)(O/C(=N/O)C1=NCCCCC1)C(F)(F)F. The quantitative estimate of drug-likeness (QED) is 0.209. The van der Waals surface area contributed by atoms with Gasteiger partial charge in [-0.25, -0.2) is 0 Å². The molecule has 1 aliphatic rings. The molecule has 10 heteroatoms. The topological polar surface area (TPSA) is 88.3 Å². The molecule has 0 atom stereocenters. The molecule has 0 aliphatic carbocycles. The second-order valence-electron chi connectivity index (χ2n) is 3.53. The predicted octanol–water partition coefficient (Wildman–Crippen LogP) is 1.66. The van der Waals surface area contributed by atoms with Gasteiger partial charge >= 0.3 is 15.6 Å². The Balaban J connectivity index is 2.90. The van der Waals surface area contributed by atoms with Crippen LogP contribution >= 0.6 is 0 Å². The number of aliphatic imine (C=N–C) groups is 1. The van der Waals surface area contributed by atoms with E-state index in [-0.39, 0.29) is 12.1 Å². The number of oxime groups is 1. The summed E-state index contributed by atoms with van der Waals surface area (Å²) < 4.78 is 61.5. The van der Waals surface area contributed by atoms with Crippen LogP contribution in [0.4, 0.5) is 13.2 Å². The summed E-state index contributed by atoms with van der Waals surface area (Å²) in [6.45, 7) is 0.323. The van der Waals surface area contributed by atoms with Crippen molar-refractivity contribution in [1.82, 2.24) is 0 Å². The molecule has 0 radical (unpaired) electrons. The summed E-state index contributed by atoms with van der Waals surface area (Å²) in [5.41, 5.74) is -5.66. The minimum absolute atomic E-state index is 0.0807. The summed E-state index contributed by atoms with van der Waals surface area (Å²) in [5.74, 6) is -1.02.